The normalized spacial score (nSPS) is 15.8. The number of likely N-dealkylation sites (N-methyl/N-ethyl adjacent to an activating group) is 1. The standard InChI is InChI=1S/C18H35N5O4S.HI/c1-15(2)13-19-18(20-14-17(24)21(5)6)22-7-9-23(10-8-22)28(25,26)12-11-27-16(3)4;/h16H,1,7-14H2,2-6H3,(H,19,20);1H. The van der Waals surface area contributed by atoms with Crippen LogP contribution in [0.3, 0.4) is 0 Å². The number of guanidine groups is 1. The second-order valence-corrected chi connectivity index (χ2v) is 9.45. The number of nitrogens with one attached hydrogen (secondary N) is 1. The van der Waals surface area contributed by atoms with E-state index in [1.165, 1.54) is 9.21 Å². The Morgan fingerprint density at radius 2 is 1.83 bits per heavy atom. The molecule has 0 aromatic rings. The summed E-state index contributed by atoms with van der Waals surface area (Å²) >= 11 is 0. The summed E-state index contributed by atoms with van der Waals surface area (Å²) < 4.78 is 31.8. The molecule has 1 heterocycles. The lowest BCUT2D eigenvalue weighted by atomic mass is 10.3. The number of aliphatic imine (C=N–C) groups is 1. The van der Waals surface area contributed by atoms with E-state index in [1.807, 2.05) is 25.7 Å². The third kappa shape index (κ3) is 10.6. The number of rotatable bonds is 9. The van der Waals surface area contributed by atoms with Crippen LogP contribution in [0.4, 0.5) is 0 Å². The number of piperazine rings is 1. The molecule has 1 amide bonds. The molecule has 0 unspecified atom stereocenters. The fourth-order valence-electron chi connectivity index (χ4n) is 2.48. The van der Waals surface area contributed by atoms with Crippen molar-refractivity contribution in [1.82, 2.24) is 19.4 Å². The molecule has 9 nitrogen and oxygen atoms in total. The molecular weight excluding hydrogens is 509 g/mol. The van der Waals surface area contributed by atoms with Gasteiger partial charge in [-0.25, -0.2) is 13.4 Å². The van der Waals surface area contributed by atoms with Gasteiger partial charge in [0.05, 0.1) is 18.5 Å². The molecule has 0 bridgehead atoms. The minimum Gasteiger partial charge on any atom is -0.378 e. The Hall–Kier alpha value is -0.920. The van der Waals surface area contributed by atoms with Gasteiger partial charge in [0.2, 0.25) is 15.9 Å². The number of carbonyl (C=O) groups is 1. The zero-order valence-corrected chi connectivity index (χ0v) is 21.3. The smallest absolute Gasteiger partial charge is 0.243 e. The number of nitrogens with zero attached hydrogens (tertiary/aromatic N) is 4. The maximum atomic E-state index is 12.5. The molecule has 0 atom stereocenters. The van der Waals surface area contributed by atoms with Crippen LogP contribution >= 0.6 is 24.0 Å². The Kier molecular flexibility index (Phi) is 13.0. The fraction of sp³-hybridized carbons (Fsp3) is 0.778. The second-order valence-electron chi connectivity index (χ2n) is 7.36. The molecule has 0 aromatic carbocycles. The van der Waals surface area contributed by atoms with Gasteiger partial charge in [-0.2, -0.15) is 4.31 Å². The molecule has 0 aliphatic carbocycles. The van der Waals surface area contributed by atoms with E-state index >= 15 is 0 Å². The van der Waals surface area contributed by atoms with Gasteiger partial charge in [0.15, 0.2) is 5.96 Å². The summed E-state index contributed by atoms with van der Waals surface area (Å²) in [6.07, 6.45) is 0.00934. The van der Waals surface area contributed by atoms with E-state index in [0.717, 1.165) is 5.57 Å². The molecule has 1 aliphatic heterocycles. The number of sulfonamides is 1. The number of hydrogen-bond acceptors (Lipinski definition) is 5. The molecule has 1 fully saturated rings. The Bertz CT molecular complexity index is 659. The van der Waals surface area contributed by atoms with Gasteiger partial charge in [-0.15, -0.1) is 24.0 Å². The topological polar surface area (TPSA) is 94.5 Å². The number of ether oxygens (including phenoxy) is 1. The van der Waals surface area contributed by atoms with Crippen molar-refractivity contribution >= 4 is 45.9 Å². The van der Waals surface area contributed by atoms with Crippen molar-refractivity contribution in [3.8, 4) is 0 Å². The minimum absolute atomic E-state index is 0. The first-order valence-corrected chi connectivity index (χ1v) is 11.1. The first-order valence-electron chi connectivity index (χ1n) is 9.50. The van der Waals surface area contributed by atoms with Gasteiger partial charge in [-0.3, -0.25) is 4.79 Å². The van der Waals surface area contributed by atoms with E-state index in [4.69, 9.17) is 4.74 Å². The van der Waals surface area contributed by atoms with Crippen LogP contribution in [0.1, 0.15) is 20.8 Å². The fourth-order valence-corrected chi connectivity index (χ4v) is 3.76. The van der Waals surface area contributed by atoms with E-state index in [9.17, 15) is 13.2 Å². The van der Waals surface area contributed by atoms with Gasteiger partial charge in [-0.1, -0.05) is 12.2 Å². The Morgan fingerprint density at radius 3 is 2.31 bits per heavy atom. The van der Waals surface area contributed by atoms with E-state index in [1.54, 1.807) is 14.1 Å². The molecule has 0 radical (unpaired) electrons. The lowest BCUT2D eigenvalue weighted by Gasteiger charge is -2.36. The van der Waals surface area contributed by atoms with Crippen molar-refractivity contribution in [1.29, 1.82) is 0 Å². The third-order valence-electron chi connectivity index (χ3n) is 4.14. The van der Waals surface area contributed by atoms with Crippen LogP contribution in [0.2, 0.25) is 0 Å². The molecule has 0 aromatic heterocycles. The first-order chi connectivity index (χ1) is 13.0. The highest BCUT2D eigenvalue weighted by Gasteiger charge is 2.28. The van der Waals surface area contributed by atoms with Crippen molar-refractivity contribution in [2.45, 2.75) is 26.9 Å². The maximum Gasteiger partial charge on any atom is 0.243 e. The summed E-state index contributed by atoms with van der Waals surface area (Å²) in [5.74, 6) is 0.483. The lowest BCUT2D eigenvalue weighted by molar-refractivity contribution is -0.127. The summed E-state index contributed by atoms with van der Waals surface area (Å²) in [4.78, 5) is 19.7. The van der Waals surface area contributed by atoms with Crippen molar-refractivity contribution in [2.75, 3.05) is 65.7 Å². The Morgan fingerprint density at radius 1 is 1.24 bits per heavy atom. The van der Waals surface area contributed by atoms with E-state index in [-0.39, 0.29) is 54.9 Å². The van der Waals surface area contributed by atoms with Crippen molar-refractivity contribution < 1.29 is 17.9 Å². The Balaban J connectivity index is 0.00000784. The molecule has 1 saturated heterocycles. The van der Waals surface area contributed by atoms with Crippen LogP contribution in [0.25, 0.3) is 0 Å². The molecule has 170 valence electrons. The molecular formula is C18H36IN5O4S. The van der Waals surface area contributed by atoms with Gasteiger partial charge in [-0.05, 0) is 20.8 Å². The molecule has 0 spiro atoms. The van der Waals surface area contributed by atoms with Crippen LogP contribution in [0, 0.1) is 0 Å². The zero-order chi connectivity index (χ0) is 21.3. The van der Waals surface area contributed by atoms with Crippen LogP contribution < -0.4 is 5.32 Å². The highest BCUT2D eigenvalue weighted by Crippen LogP contribution is 2.09. The SMILES string of the molecule is C=C(C)CNC(=NCC(=O)N(C)C)N1CCN(S(=O)(=O)CCOC(C)C)CC1.I. The molecule has 1 N–H and O–H groups in total. The lowest BCUT2D eigenvalue weighted by Crippen LogP contribution is -2.54. The van der Waals surface area contributed by atoms with Crippen molar-refractivity contribution in [3.63, 3.8) is 0 Å². The largest absolute Gasteiger partial charge is 0.378 e. The summed E-state index contributed by atoms with van der Waals surface area (Å²) in [7, 11) is 0.0277. The predicted octanol–water partition coefficient (Wildman–Crippen LogP) is 0.587. The van der Waals surface area contributed by atoms with E-state index in [2.05, 4.69) is 16.9 Å². The minimum atomic E-state index is -3.34. The zero-order valence-electron chi connectivity index (χ0n) is 18.2. The predicted molar refractivity (Wildman–Crippen MR) is 127 cm³/mol. The molecule has 0 saturated carbocycles. The molecule has 1 rings (SSSR count). The number of hydrogen-bond donors (Lipinski definition) is 1. The molecule has 29 heavy (non-hydrogen) atoms. The summed E-state index contributed by atoms with van der Waals surface area (Å²) in [6, 6.07) is 0. The number of carbonyl (C=O) groups excluding carboxylic acids is 1. The van der Waals surface area contributed by atoms with Gasteiger partial charge >= 0.3 is 0 Å². The second kappa shape index (κ2) is 13.4. The van der Waals surface area contributed by atoms with Crippen molar-refractivity contribution in [3.05, 3.63) is 12.2 Å². The summed E-state index contributed by atoms with van der Waals surface area (Å²) in [5.41, 5.74) is 0.943. The van der Waals surface area contributed by atoms with Gasteiger partial charge < -0.3 is 19.9 Å². The first kappa shape index (κ1) is 28.1. The van der Waals surface area contributed by atoms with Crippen molar-refractivity contribution in [2.24, 2.45) is 4.99 Å². The summed E-state index contributed by atoms with van der Waals surface area (Å²) in [6.45, 7) is 12.1. The average molecular weight is 545 g/mol. The number of amides is 1. The number of halogens is 1. The third-order valence-corrected chi connectivity index (χ3v) is 5.97. The van der Waals surface area contributed by atoms with Gasteiger partial charge in [0.25, 0.3) is 0 Å². The monoisotopic (exact) mass is 545 g/mol. The summed E-state index contributed by atoms with van der Waals surface area (Å²) in [5, 5.41) is 3.20. The molecule has 11 heteroatoms. The van der Waals surface area contributed by atoms with Gasteiger partial charge in [0, 0.05) is 46.8 Å². The average Bonchev–Trinajstić information content (AvgIpc) is 2.60. The van der Waals surface area contributed by atoms with Gasteiger partial charge in [0.1, 0.15) is 6.54 Å². The highest BCUT2D eigenvalue weighted by atomic mass is 127. The molecule has 1 aliphatic rings. The highest BCUT2D eigenvalue weighted by molar-refractivity contribution is 14.0. The van der Waals surface area contributed by atoms with Crippen LogP contribution in [-0.2, 0) is 19.6 Å². The van der Waals surface area contributed by atoms with Crippen LogP contribution in [-0.4, -0.2) is 106 Å². The van der Waals surface area contributed by atoms with Crippen LogP contribution in [0.15, 0.2) is 17.1 Å². The van der Waals surface area contributed by atoms with E-state index in [0.29, 0.717) is 38.7 Å². The maximum absolute atomic E-state index is 12.5. The van der Waals surface area contributed by atoms with E-state index < -0.39 is 10.0 Å². The quantitative estimate of drug-likeness (QED) is 0.197. The van der Waals surface area contributed by atoms with Crippen LogP contribution in [0.5, 0.6) is 0 Å². The Labute approximate surface area is 192 Å².